The van der Waals surface area contributed by atoms with E-state index in [1.54, 1.807) is 25.6 Å². The number of nitrogens with one attached hydrogen (secondary N) is 1. The van der Waals surface area contributed by atoms with Crippen LogP contribution in [0.4, 0.5) is 5.13 Å². The Kier molecular flexibility index (Phi) is 11.1. The lowest BCUT2D eigenvalue weighted by atomic mass is 9.84. The van der Waals surface area contributed by atoms with Gasteiger partial charge < -0.3 is 24.4 Å². The van der Waals surface area contributed by atoms with E-state index in [4.69, 9.17) is 19.0 Å². The van der Waals surface area contributed by atoms with Gasteiger partial charge in [-0.25, -0.2) is 9.78 Å². The molecule has 0 aliphatic heterocycles. The standard InChI is InChI=1S/C39H36N4O6S2/c1-25-34(47-3)21-33(45)31(22-44)35(25)37(46)48-20-19-30-23-50-38(41-30)42-32(36-40-26(2)43-49-36)24-51-39(27-13-7-4-8-14-27,28-15-9-5-10-16-28)29-17-11-6-12-18-29/h4-18,21-23,32,45H,19-20,24H2,1-3H3,(H,41,42)/t32-/m0/s1. The summed E-state index contributed by atoms with van der Waals surface area (Å²) >= 11 is 3.18. The van der Waals surface area contributed by atoms with Gasteiger partial charge in [0, 0.05) is 29.2 Å². The Morgan fingerprint density at radius 3 is 2.12 bits per heavy atom. The fourth-order valence-corrected chi connectivity index (χ4v) is 8.27. The number of ether oxygens (including phenoxy) is 2. The van der Waals surface area contributed by atoms with Crippen molar-refractivity contribution in [1.82, 2.24) is 15.1 Å². The van der Waals surface area contributed by atoms with Crippen molar-refractivity contribution >= 4 is 40.5 Å². The van der Waals surface area contributed by atoms with E-state index in [1.165, 1.54) is 24.5 Å². The number of methoxy groups -OCH3 is 1. The van der Waals surface area contributed by atoms with Crippen molar-refractivity contribution < 1.29 is 28.7 Å². The summed E-state index contributed by atoms with van der Waals surface area (Å²) in [6.45, 7) is 3.42. The monoisotopic (exact) mass is 720 g/mol. The molecule has 6 rings (SSSR count). The number of esters is 1. The molecule has 0 aliphatic rings. The average molecular weight is 721 g/mol. The number of hydrogen-bond donors (Lipinski definition) is 2. The van der Waals surface area contributed by atoms with Crippen molar-refractivity contribution in [2.45, 2.75) is 31.1 Å². The Hall–Kier alpha value is -5.46. The number of carbonyl (C=O) groups is 2. The smallest absolute Gasteiger partial charge is 0.339 e. The van der Waals surface area contributed by atoms with E-state index in [-0.39, 0.29) is 29.2 Å². The van der Waals surface area contributed by atoms with Crippen molar-refractivity contribution in [1.29, 1.82) is 0 Å². The lowest BCUT2D eigenvalue weighted by Crippen LogP contribution is -2.28. The molecule has 0 bridgehead atoms. The third kappa shape index (κ3) is 7.67. The van der Waals surface area contributed by atoms with Gasteiger partial charge >= 0.3 is 5.97 Å². The maximum absolute atomic E-state index is 13.0. The van der Waals surface area contributed by atoms with Crippen LogP contribution in [0.1, 0.15) is 66.4 Å². The molecule has 260 valence electrons. The van der Waals surface area contributed by atoms with Gasteiger partial charge in [0.15, 0.2) is 17.2 Å². The van der Waals surface area contributed by atoms with Gasteiger partial charge in [-0.15, -0.1) is 23.1 Å². The van der Waals surface area contributed by atoms with Crippen LogP contribution in [0.25, 0.3) is 0 Å². The second kappa shape index (κ2) is 16.0. The molecule has 2 N–H and O–H groups in total. The third-order valence-corrected chi connectivity index (χ3v) is 10.9. The minimum atomic E-state index is -0.736. The molecule has 0 radical (unpaired) electrons. The fraction of sp³-hybridized carbons (Fsp3) is 0.205. The number of benzene rings is 4. The van der Waals surface area contributed by atoms with Gasteiger partial charge in [0.1, 0.15) is 17.5 Å². The molecule has 51 heavy (non-hydrogen) atoms. The van der Waals surface area contributed by atoms with Crippen molar-refractivity contribution in [3.8, 4) is 11.5 Å². The zero-order valence-electron chi connectivity index (χ0n) is 28.2. The highest BCUT2D eigenvalue weighted by Gasteiger charge is 2.38. The lowest BCUT2D eigenvalue weighted by molar-refractivity contribution is 0.0504. The molecule has 0 amide bonds. The molecule has 2 aromatic heterocycles. The minimum Gasteiger partial charge on any atom is -0.507 e. The molecule has 6 aromatic rings. The lowest BCUT2D eigenvalue weighted by Gasteiger charge is -2.36. The van der Waals surface area contributed by atoms with E-state index in [9.17, 15) is 14.7 Å². The molecule has 2 heterocycles. The molecule has 10 nitrogen and oxygen atoms in total. The van der Waals surface area contributed by atoms with Gasteiger partial charge in [-0.05, 0) is 30.5 Å². The number of carbonyl (C=O) groups excluding carboxylic acids is 2. The highest BCUT2D eigenvalue weighted by molar-refractivity contribution is 8.00. The number of anilines is 1. The maximum Gasteiger partial charge on any atom is 0.339 e. The average Bonchev–Trinajstić information content (AvgIpc) is 3.81. The van der Waals surface area contributed by atoms with Crippen LogP contribution >= 0.6 is 23.1 Å². The number of thioether (sulfide) groups is 1. The van der Waals surface area contributed by atoms with Crippen LogP contribution in [0, 0.1) is 13.8 Å². The summed E-state index contributed by atoms with van der Waals surface area (Å²) in [7, 11) is 1.42. The van der Waals surface area contributed by atoms with Crippen LogP contribution in [0.3, 0.4) is 0 Å². The fourth-order valence-electron chi connectivity index (χ4n) is 5.92. The number of phenolic OH excluding ortho intramolecular Hbond substituents is 1. The number of aldehydes is 1. The largest absolute Gasteiger partial charge is 0.507 e. The Morgan fingerprint density at radius 1 is 0.980 bits per heavy atom. The van der Waals surface area contributed by atoms with Crippen LogP contribution < -0.4 is 10.1 Å². The predicted molar refractivity (Wildman–Crippen MR) is 198 cm³/mol. The van der Waals surface area contributed by atoms with E-state index >= 15 is 0 Å². The number of thiazole rings is 1. The van der Waals surface area contributed by atoms with Crippen molar-refractivity contribution in [2.75, 3.05) is 24.8 Å². The highest BCUT2D eigenvalue weighted by Crippen LogP contribution is 2.49. The van der Waals surface area contributed by atoms with E-state index < -0.39 is 16.8 Å². The predicted octanol–water partition coefficient (Wildman–Crippen LogP) is 7.95. The second-order valence-corrected chi connectivity index (χ2v) is 13.7. The number of phenols is 1. The van der Waals surface area contributed by atoms with Crippen LogP contribution in [-0.2, 0) is 15.9 Å². The first kappa shape index (κ1) is 35.4. The number of hydrogen-bond acceptors (Lipinski definition) is 12. The zero-order valence-corrected chi connectivity index (χ0v) is 29.9. The van der Waals surface area contributed by atoms with Crippen molar-refractivity contribution in [3.05, 3.63) is 153 Å². The van der Waals surface area contributed by atoms with Crippen LogP contribution in [0.2, 0.25) is 0 Å². The Balaban J connectivity index is 1.22. The van der Waals surface area contributed by atoms with Gasteiger partial charge in [-0.3, -0.25) is 4.79 Å². The maximum atomic E-state index is 13.0. The van der Waals surface area contributed by atoms with Gasteiger partial charge in [0.25, 0.3) is 0 Å². The number of aryl methyl sites for hydroxylation is 1. The summed E-state index contributed by atoms with van der Waals surface area (Å²) in [6, 6.07) is 32.3. The number of nitrogens with zero attached hydrogens (tertiary/aromatic N) is 3. The molecule has 0 saturated heterocycles. The first-order valence-electron chi connectivity index (χ1n) is 16.2. The highest BCUT2D eigenvalue weighted by atomic mass is 32.2. The molecule has 4 aromatic carbocycles. The summed E-state index contributed by atoms with van der Waals surface area (Å²) in [5.74, 6) is 0.696. The van der Waals surface area contributed by atoms with Crippen molar-refractivity contribution in [3.63, 3.8) is 0 Å². The third-order valence-electron chi connectivity index (χ3n) is 8.39. The molecule has 0 unspecified atom stereocenters. The summed E-state index contributed by atoms with van der Waals surface area (Å²) < 4.78 is 15.9. The topological polar surface area (TPSA) is 137 Å². The van der Waals surface area contributed by atoms with Gasteiger partial charge in [0.2, 0.25) is 5.89 Å². The molecular formula is C39H36N4O6S2. The summed E-state index contributed by atoms with van der Waals surface area (Å²) in [4.78, 5) is 34.0. The molecule has 0 fully saturated rings. The quantitative estimate of drug-likeness (QED) is 0.0608. The van der Waals surface area contributed by atoms with Crippen LogP contribution in [-0.4, -0.2) is 52.0 Å². The normalized spacial score (nSPS) is 11.9. The summed E-state index contributed by atoms with van der Waals surface area (Å²) in [5, 5.41) is 20.4. The number of aromatic hydroxyl groups is 1. The van der Waals surface area contributed by atoms with Gasteiger partial charge in [-0.1, -0.05) is 96.2 Å². The Labute approximate surface area is 303 Å². The summed E-state index contributed by atoms with van der Waals surface area (Å²) in [6.07, 6.45) is 0.757. The zero-order chi connectivity index (χ0) is 35.8. The van der Waals surface area contributed by atoms with Crippen LogP contribution in [0.15, 0.2) is 107 Å². The molecule has 12 heteroatoms. The molecular weight excluding hydrogens is 685 g/mol. The molecule has 0 saturated carbocycles. The first-order chi connectivity index (χ1) is 24.8. The van der Waals surface area contributed by atoms with Crippen LogP contribution in [0.5, 0.6) is 11.5 Å². The van der Waals surface area contributed by atoms with Gasteiger partial charge in [-0.2, -0.15) is 4.98 Å². The van der Waals surface area contributed by atoms with E-state index in [1.807, 2.05) is 23.6 Å². The van der Waals surface area contributed by atoms with Gasteiger partial charge in [0.05, 0.1) is 35.3 Å². The Bertz CT molecular complexity index is 1990. The van der Waals surface area contributed by atoms with E-state index in [0.717, 1.165) is 16.7 Å². The molecule has 0 aliphatic carbocycles. The Morgan fingerprint density at radius 2 is 1.59 bits per heavy atom. The molecule has 1 atom stereocenters. The number of rotatable bonds is 15. The number of aromatic nitrogens is 3. The second-order valence-electron chi connectivity index (χ2n) is 11.6. The van der Waals surface area contributed by atoms with E-state index in [0.29, 0.717) is 46.6 Å². The first-order valence-corrected chi connectivity index (χ1v) is 18.0. The SMILES string of the molecule is COc1cc(O)c(C=O)c(C(=O)OCCc2csc(N[C@@H](CSC(c3ccccc3)(c3ccccc3)c3ccccc3)c3nc(C)no3)n2)c1C. The molecule has 0 spiro atoms. The summed E-state index contributed by atoms with van der Waals surface area (Å²) in [5.41, 5.74) is 4.34. The van der Waals surface area contributed by atoms with Crippen molar-refractivity contribution in [2.24, 2.45) is 0 Å². The minimum absolute atomic E-state index is 0.00754. The van der Waals surface area contributed by atoms with E-state index in [2.05, 4.69) is 88.3 Å².